The minimum Gasteiger partial charge on any atom is -0.382 e. The van der Waals surface area contributed by atoms with Crippen LogP contribution in [0.15, 0.2) is 0 Å². The van der Waals surface area contributed by atoms with Crippen LogP contribution in [0.25, 0.3) is 0 Å². The molecule has 0 bridgehead atoms. The normalized spacial score (nSPS) is 15.3. The number of fused-ring (bicyclic) bond motifs is 1. The van der Waals surface area contributed by atoms with Gasteiger partial charge in [0.2, 0.25) is 5.91 Å². The van der Waals surface area contributed by atoms with E-state index in [9.17, 15) is 4.79 Å². The summed E-state index contributed by atoms with van der Waals surface area (Å²) in [5.74, 6) is 1.19. The Bertz CT molecular complexity index is 397. The predicted molar refractivity (Wildman–Crippen MR) is 61.6 cm³/mol. The van der Waals surface area contributed by atoms with Gasteiger partial charge in [-0.1, -0.05) is 13.8 Å². The number of anilines is 1. The highest BCUT2D eigenvalue weighted by molar-refractivity contribution is 5.76. The Kier molecular flexibility index (Phi) is 2.85. The van der Waals surface area contributed by atoms with Crippen molar-refractivity contribution in [3.05, 3.63) is 11.3 Å². The van der Waals surface area contributed by atoms with E-state index in [1.807, 2.05) is 4.90 Å². The van der Waals surface area contributed by atoms with E-state index in [2.05, 4.69) is 24.0 Å². The molecule has 0 spiro atoms. The van der Waals surface area contributed by atoms with E-state index in [1.54, 1.807) is 0 Å². The molecule has 16 heavy (non-hydrogen) atoms. The van der Waals surface area contributed by atoms with Crippen LogP contribution < -0.4 is 5.73 Å². The average Bonchev–Trinajstić information content (AvgIpc) is 2.59. The number of nitrogens with two attached hydrogens (primary N) is 1. The summed E-state index contributed by atoms with van der Waals surface area (Å²) >= 11 is 0. The van der Waals surface area contributed by atoms with Gasteiger partial charge in [0.1, 0.15) is 5.82 Å². The van der Waals surface area contributed by atoms with Crippen LogP contribution in [-0.4, -0.2) is 27.5 Å². The van der Waals surface area contributed by atoms with Crippen LogP contribution in [0, 0.1) is 5.92 Å². The lowest BCUT2D eigenvalue weighted by atomic mass is 10.0. The fourth-order valence-electron chi connectivity index (χ4n) is 2.03. The van der Waals surface area contributed by atoms with Gasteiger partial charge in [0.05, 0.1) is 12.2 Å². The van der Waals surface area contributed by atoms with Crippen LogP contribution in [0.4, 0.5) is 5.82 Å². The Hall–Kier alpha value is -1.52. The Balaban J connectivity index is 2.05. The maximum Gasteiger partial charge on any atom is 0.223 e. The molecule has 2 heterocycles. The number of hydrogen-bond acceptors (Lipinski definition) is 3. The van der Waals surface area contributed by atoms with Crippen molar-refractivity contribution in [1.82, 2.24) is 15.1 Å². The van der Waals surface area contributed by atoms with Gasteiger partial charge in [-0.25, -0.2) is 0 Å². The topological polar surface area (TPSA) is 75.0 Å². The van der Waals surface area contributed by atoms with Crippen molar-refractivity contribution >= 4 is 11.7 Å². The van der Waals surface area contributed by atoms with Crippen LogP contribution in [0.5, 0.6) is 0 Å². The standard InChI is InChI=1S/C11H18N4O/c1-7(2)5-10(16)15-4-3-8-9(6-15)13-14-11(8)12/h7H,3-6H2,1-2H3,(H3,12,13,14). The molecular weight excluding hydrogens is 204 g/mol. The largest absolute Gasteiger partial charge is 0.382 e. The van der Waals surface area contributed by atoms with Crippen LogP contribution in [0.2, 0.25) is 0 Å². The Morgan fingerprint density at radius 1 is 1.62 bits per heavy atom. The number of rotatable bonds is 2. The van der Waals surface area contributed by atoms with Crippen molar-refractivity contribution in [2.24, 2.45) is 5.92 Å². The zero-order chi connectivity index (χ0) is 11.7. The zero-order valence-electron chi connectivity index (χ0n) is 9.79. The van der Waals surface area contributed by atoms with E-state index in [4.69, 9.17) is 5.73 Å². The molecule has 1 amide bonds. The molecule has 0 unspecified atom stereocenters. The van der Waals surface area contributed by atoms with Crippen molar-refractivity contribution in [1.29, 1.82) is 0 Å². The molecule has 1 aromatic rings. The number of hydrogen-bond donors (Lipinski definition) is 2. The molecule has 0 fully saturated rings. The highest BCUT2D eigenvalue weighted by atomic mass is 16.2. The highest BCUT2D eigenvalue weighted by Gasteiger charge is 2.24. The first kappa shape index (κ1) is 11.0. The summed E-state index contributed by atoms with van der Waals surface area (Å²) in [6.45, 7) is 5.48. The molecule has 5 heteroatoms. The second-order valence-corrected chi connectivity index (χ2v) is 4.73. The number of aromatic nitrogens is 2. The summed E-state index contributed by atoms with van der Waals surface area (Å²) in [5.41, 5.74) is 7.78. The molecule has 0 aromatic carbocycles. The number of carbonyl (C=O) groups is 1. The number of nitrogen functional groups attached to an aromatic ring is 1. The monoisotopic (exact) mass is 222 g/mol. The second-order valence-electron chi connectivity index (χ2n) is 4.73. The number of amides is 1. The molecule has 1 aromatic heterocycles. The third kappa shape index (κ3) is 2.03. The van der Waals surface area contributed by atoms with Gasteiger partial charge in [-0.05, 0) is 12.3 Å². The number of nitrogens with one attached hydrogen (secondary N) is 1. The molecule has 0 atom stereocenters. The van der Waals surface area contributed by atoms with E-state index in [1.165, 1.54) is 0 Å². The Labute approximate surface area is 95.0 Å². The summed E-state index contributed by atoms with van der Waals surface area (Å²) in [4.78, 5) is 13.8. The quantitative estimate of drug-likeness (QED) is 0.781. The van der Waals surface area contributed by atoms with Crippen LogP contribution >= 0.6 is 0 Å². The minimum absolute atomic E-state index is 0.217. The van der Waals surface area contributed by atoms with Gasteiger partial charge in [-0.3, -0.25) is 9.89 Å². The van der Waals surface area contributed by atoms with Gasteiger partial charge in [0, 0.05) is 18.5 Å². The lowest BCUT2D eigenvalue weighted by Crippen LogP contribution is -2.36. The fourth-order valence-corrected chi connectivity index (χ4v) is 2.03. The highest BCUT2D eigenvalue weighted by Crippen LogP contribution is 2.22. The van der Waals surface area contributed by atoms with Crippen LogP contribution in [0.1, 0.15) is 31.5 Å². The molecule has 0 saturated carbocycles. The Morgan fingerprint density at radius 2 is 2.38 bits per heavy atom. The third-order valence-electron chi connectivity index (χ3n) is 2.90. The van der Waals surface area contributed by atoms with Crippen molar-refractivity contribution in [3.8, 4) is 0 Å². The van der Waals surface area contributed by atoms with Gasteiger partial charge < -0.3 is 10.6 Å². The summed E-state index contributed by atoms with van der Waals surface area (Å²) < 4.78 is 0. The molecule has 2 rings (SSSR count). The first-order valence-electron chi connectivity index (χ1n) is 5.67. The lowest BCUT2D eigenvalue weighted by molar-refractivity contribution is -0.132. The fraction of sp³-hybridized carbons (Fsp3) is 0.636. The van der Waals surface area contributed by atoms with Gasteiger partial charge in [-0.2, -0.15) is 5.10 Å². The summed E-state index contributed by atoms with van der Waals surface area (Å²) in [6, 6.07) is 0. The first-order chi connectivity index (χ1) is 7.58. The zero-order valence-corrected chi connectivity index (χ0v) is 9.79. The van der Waals surface area contributed by atoms with Crippen molar-refractivity contribution in [3.63, 3.8) is 0 Å². The molecule has 0 radical (unpaired) electrons. The minimum atomic E-state index is 0.217. The molecule has 1 aliphatic heterocycles. The Morgan fingerprint density at radius 3 is 3.06 bits per heavy atom. The van der Waals surface area contributed by atoms with Gasteiger partial charge in [0.25, 0.3) is 0 Å². The molecular formula is C11H18N4O. The molecule has 0 aliphatic carbocycles. The van der Waals surface area contributed by atoms with Crippen LogP contribution in [-0.2, 0) is 17.8 Å². The van der Waals surface area contributed by atoms with E-state index in [0.29, 0.717) is 24.7 Å². The van der Waals surface area contributed by atoms with Crippen molar-refractivity contribution in [2.75, 3.05) is 12.3 Å². The van der Waals surface area contributed by atoms with Gasteiger partial charge in [0.15, 0.2) is 0 Å². The first-order valence-corrected chi connectivity index (χ1v) is 5.67. The predicted octanol–water partition coefficient (Wildman–Crippen LogP) is 0.923. The summed E-state index contributed by atoms with van der Waals surface area (Å²) in [6.07, 6.45) is 1.42. The smallest absolute Gasteiger partial charge is 0.223 e. The number of nitrogens with zero attached hydrogens (tertiary/aromatic N) is 2. The molecule has 0 saturated heterocycles. The third-order valence-corrected chi connectivity index (χ3v) is 2.90. The van der Waals surface area contributed by atoms with Crippen molar-refractivity contribution in [2.45, 2.75) is 33.2 Å². The van der Waals surface area contributed by atoms with E-state index in [0.717, 1.165) is 24.2 Å². The number of H-pyrrole nitrogens is 1. The van der Waals surface area contributed by atoms with E-state index in [-0.39, 0.29) is 5.91 Å². The van der Waals surface area contributed by atoms with E-state index < -0.39 is 0 Å². The number of aromatic amines is 1. The lowest BCUT2D eigenvalue weighted by Gasteiger charge is -2.27. The SMILES string of the molecule is CC(C)CC(=O)N1CCc2c(N)n[nH]c2C1. The molecule has 3 N–H and O–H groups in total. The van der Waals surface area contributed by atoms with Gasteiger partial charge >= 0.3 is 0 Å². The summed E-state index contributed by atoms with van der Waals surface area (Å²) in [5, 5.41) is 6.86. The van der Waals surface area contributed by atoms with Crippen molar-refractivity contribution < 1.29 is 4.79 Å². The van der Waals surface area contributed by atoms with E-state index >= 15 is 0 Å². The molecule has 1 aliphatic rings. The molecule has 88 valence electrons. The van der Waals surface area contributed by atoms with Crippen LogP contribution in [0.3, 0.4) is 0 Å². The van der Waals surface area contributed by atoms with Gasteiger partial charge in [-0.15, -0.1) is 0 Å². The molecule has 5 nitrogen and oxygen atoms in total. The maximum atomic E-state index is 11.9. The maximum absolute atomic E-state index is 11.9. The number of carbonyl (C=O) groups excluding carboxylic acids is 1. The average molecular weight is 222 g/mol. The summed E-state index contributed by atoms with van der Waals surface area (Å²) in [7, 11) is 0. The second kappa shape index (κ2) is 4.15.